The van der Waals surface area contributed by atoms with Crippen LogP contribution in [0.1, 0.15) is 64.2 Å². The topological polar surface area (TPSA) is 20.2 Å². The van der Waals surface area contributed by atoms with Gasteiger partial charge in [-0.25, -0.2) is 0 Å². The molecule has 82 valence electrons. The largest absolute Gasteiger partial charge is 0.393 e. The third-order valence-corrected chi connectivity index (χ3v) is 4.24. The lowest BCUT2D eigenvalue weighted by Gasteiger charge is -2.32. The summed E-state index contributed by atoms with van der Waals surface area (Å²) in [7, 11) is 0. The van der Waals surface area contributed by atoms with Gasteiger partial charge >= 0.3 is 0 Å². The Morgan fingerprint density at radius 3 is 2.00 bits per heavy atom. The molecule has 0 radical (unpaired) electrons. The first-order valence-corrected chi connectivity index (χ1v) is 6.54. The van der Waals surface area contributed by atoms with Crippen LogP contribution in [0.25, 0.3) is 0 Å². The van der Waals surface area contributed by atoms with E-state index in [1.807, 2.05) is 0 Å². The average Bonchev–Trinajstić information content (AvgIpc) is 2.29. The van der Waals surface area contributed by atoms with E-state index in [-0.39, 0.29) is 6.10 Å². The van der Waals surface area contributed by atoms with E-state index in [0.717, 1.165) is 12.3 Å². The second-order valence-electron chi connectivity index (χ2n) is 5.35. The smallest absolute Gasteiger partial charge is 0.0571 e. The molecular weight excluding hydrogens is 172 g/mol. The Bertz CT molecular complexity index is 155. The van der Waals surface area contributed by atoms with E-state index in [0.29, 0.717) is 5.92 Å². The molecule has 2 aliphatic carbocycles. The van der Waals surface area contributed by atoms with Crippen molar-refractivity contribution in [3.05, 3.63) is 0 Å². The standard InChI is InChI=1S/C13H24O/c14-13(12-8-5-9-12)10-11-6-3-1-2-4-7-11/h11-14H,1-10H2. The Balaban J connectivity index is 1.71. The minimum atomic E-state index is 0.0341. The Labute approximate surface area is 87.9 Å². The van der Waals surface area contributed by atoms with Crippen molar-refractivity contribution >= 4 is 0 Å². The van der Waals surface area contributed by atoms with Gasteiger partial charge in [-0.15, -0.1) is 0 Å². The minimum Gasteiger partial charge on any atom is -0.393 e. The lowest BCUT2D eigenvalue weighted by atomic mass is 9.77. The van der Waals surface area contributed by atoms with Crippen molar-refractivity contribution in [2.45, 2.75) is 70.3 Å². The van der Waals surface area contributed by atoms with E-state index in [1.54, 1.807) is 0 Å². The van der Waals surface area contributed by atoms with Crippen molar-refractivity contribution in [2.75, 3.05) is 0 Å². The number of hydrogen-bond donors (Lipinski definition) is 1. The van der Waals surface area contributed by atoms with Crippen molar-refractivity contribution in [1.82, 2.24) is 0 Å². The first-order chi connectivity index (χ1) is 6.86. The van der Waals surface area contributed by atoms with Crippen LogP contribution in [0.15, 0.2) is 0 Å². The zero-order valence-corrected chi connectivity index (χ0v) is 9.25. The Morgan fingerprint density at radius 1 is 0.857 bits per heavy atom. The van der Waals surface area contributed by atoms with Gasteiger partial charge in [-0.2, -0.15) is 0 Å². The molecule has 2 fully saturated rings. The van der Waals surface area contributed by atoms with Crippen LogP contribution in [0.4, 0.5) is 0 Å². The summed E-state index contributed by atoms with van der Waals surface area (Å²) in [5, 5.41) is 10.0. The van der Waals surface area contributed by atoms with Gasteiger partial charge in [0.25, 0.3) is 0 Å². The maximum atomic E-state index is 10.0. The van der Waals surface area contributed by atoms with Gasteiger partial charge in [0.05, 0.1) is 6.10 Å². The summed E-state index contributed by atoms with van der Waals surface area (Å²) < 4.78 is 0. The summed E-state index contributed by atoms with van der Waals surface area (Å²) in [4.78, 5) is 0. The van der Waals surface area contributed by atoms with Gasteiger partial charge in [-0.3, -0.25) is 0 Å². The van der Waals surface area contributed by atoms with E-state index in [9.17, 15) is 5.11 Å². The molecule has 0 aromatic carbocycles. The van der Waals surface area contributed by atoms with Crippen LogP contribution in [-0.2, 0) is 0 Å². The summed E-state index contributed by atoms with van der Waals surface area (Å²) in [5.74, 6) is 1.51. The van der Waals surface area contributed by atoms with Crippen molar-refractivity contribution in [3.63, 3.8) is 0 Å². The van der Waals surface area contributed by atoms with Crippen molar-refractivity contribution < 1.29 is 5.11 Å². The quantitative estimate of drug-likeness (QED) is 0.685. The summed E-state index contributed by atoms with van der Waals surface area (Å²) >= 11 is 0. The Hall–Kier alpha value is -0.0400. The van der Waals surface area contributed by atoms with Gasteiger partial charge in [0.1, 0.15) is 0 Å². The van der Waals surface area contributed by atoms with E-state index in [4.69, 9.17) is 0 Å². The Morgan fingerprint density at radius 2 is 1.50 bits per heavy atom. The maximum absolute atomic E-state index is 10.0. The monoisotopic (exact) mass is 196 g/mol. The number of hydrogen-bond acceptors (Lipinski definition) is 1. The van der Waals surface area contributed by atoms with Crippen LogP contribution in [0.2, 0.25) is 0 Å². The predicted molar refractivity (Wildman–Crippen MR) is 59.2 cm³/mol. The van der Waals surface area contributed by atoms with E-state index < -0.39 is 0 Å². The van der Waals surface area contributed by atoms with Crippen LogP contribution >= 0.6 is 0 Å². The lowest BCUT2D eigenvalue weighted by Crippen LogP contribution is -2.28. The molecule has 1 heteroatoms. The molecule has 0 aromatic rings. The van der Waals surface area contributed by atoms with Crippen molar-refractivity contribution in [1.29, 1.82) is 0 Å². The van der Waals surface area contributed by atoms with Gasteiger partial charge in [-0.1, -0.05) is 44.9 Å². The van der Waals surface area contributed by atoms with Gasteiger partial charge < -0.3 is 5.11 Å². The highest BCUT2D eigenvalue weighted by Crippen LogP contribution is 2.35. The molecule has 1 atom stereocenters. The Kier molecular flexibility index (Phi) is 3.86. The normalized spacial score (nSPS) is 28.1. The second-order valence-corrected chi connectivity index (χ2v) is 5.35. The van der Waals surface area contributed by atoms with Gasteiger partial charge in [0.2, 0.25) is 0 Å². The van der Waals surface area contributed by atoms with Crippen LogP contribution in [0.3, 0.4) is 0 Å². The fourth-order valence-corrected chi connectivity index (χ4v) is 2.96. The van der Waals surface area contributed by atoms with E-state index >= 15 is 0 Å². The van der Waals surface area contributed by atoms with Gasteiger partial charge in [0.15, 0.2) is 0 Å². The molecule has 2 rings (SSSR count). The van der Waals surface area contributed by atoms with Gasteiger partial charge in [0, 0.05) is 0 Å². The number of aliphatic hydroxyl groups is 1. The molecule has 1 nitrogen and oxygen atoms in total. The first kappa shape index (κ1) is 10.5. The highest BCUT2D eigenvalue weighted by molar-refractivity contribution is 4.79. The fraction of sp³-hybridized carbons (Fsp3) is 1.00. The summed E-state index contributed by atoms with van der Waals surface area (Å²) in [5.41, 5.74) is 0. The third-order valence-electron chi connectivity index (χ3n) is 4.24. The third kappa shape index (κ3) is 2.73. The zero-order chi connectivity index (χ0) is 9.80. The molecule has 0 bridgehead atoms. The van der Waals surface area contributed by atoms with Crippen molar-refractivity contribution in [2.24, 2.45) is 11.8 Å². The van der Waals surface area contributed by atoms with Crippen LogP contribution < -0.4 is 0 Å². The molecule has 1 N–H and O–H groups in total. The fourth-order valence-electron chi connectivity index (χ4n) is 2.96. The highest BCUT2D eigenvalue weighted by atomic mass is 16.3. The number of aliphatic hydroxyl groups excluding tert-OH is 1. The van der Waals surface area contributed by atoms with Gasteiger partial charge in [-0.05, 0) is 31.1 Å². The first-order valence-electron chi connectivity index (χ1n) is 6.54. The molecule has 0 aromatic heterocycles. The molecule has 0 heterocycles. The van der Waals surface area contributed by atoms with E-state index in [1.165, 1.54) is 57.8 Å². The SMILES string of the molecule is OC(CC1CCCCCC1)C1CCC1. The van der Waals surface area contributed by atoms with Crippen LogP contribution in [-0.4, -0.2) is 11.2 Å². The highest BCUT2D eigenvalue weighted by Gasteiger charge is 2.27. The molecule has 2 saturated carbocycles. The number of rotatable bonds is 3. The summed E-state index contributed by atoms with van der Waals surface area (Å²) in [6.07, 6.45) is 13.5. The second kappa shape index (κ2) is 5.16. The maximum Gasteiger partial charge on any atom is 0.0571 e. The minimum absolute atomic E-state index is 0.0341. The molecule has 14 heavy (non-hydrogen) atoms. The lowest BCUT2D eigenvalue weighted by molar-refractivity contribution is 0.0403. The van der Waals surface area contributed by atoms with Crippen LogP contribution in [0.5, 0.6) is 0 Å². The van der Waals surface area contributed by atoms with Crippen molar-refractivity contribution in [3.8, 4) is 0 Å². The van der Waals surface area contributed by atoms with E-state index in [2.05, 4.69) is 0 Å². The molecule has 0 aliphatic heterocycles. The molecule has 0 spiro atoms. The molecule has 1 unspecified atom stereocenters. The molecule has 0 amide bonds. The molecule has 2 aliphatic rings. The molecular formula is C13H24O. The summed E-state index contributed by atoms with van der Waals surface area (Å²) in [6, 6.07) is 0. The van der Waals surface area contributed by atoms with Crippen LogP contribution in [0, 0.1) is 11.8 Å². The molecule has 0 saturated heterocycles. The summed E-state index contributed by atoms with van der Waals surface area (Å²) in [6.45, 7) is 0. The predicted octanol–water partition coefficient (Wildman–Crippen LogP) is 3.51. The zero-order valence-electron chi connectivity index (χ0n) is 9.25. The average molecular weight is 196 g/mol.